The van der Waals surface area contributed by atoms with Crippen LogP contribution in [0.5, 0.6) is 0 Å². The molecule has 1 amide bonds. The molecular weight excluding hydrogens is 424 g/mol. The Morgan fingerprint density at radius 1 is 1.03 bits per heavy atom. The SMILES string of the molecule is CCn1c2ccccc2c2cc(NC(=O)CCc3nc(-c4ccc([18F])cc4[18F])no3)ccc21. The minimum Gasteiger partial charge on any atom is -0.341 e. The number of para-hydroxylation sites is 1. The lowest BCUT2D eigenvalue weighted by atomic mass is 10.1. The molecule has 0 aliphatic carbocycles. The van der Waals surface area contributed by atoms with Crippen molar-refractivity contribution in [2.24, 2.45) is 0 Å². The minimum absolute atomic E-state index is 0.0145. The van der Waals surface area contributed by atoms with Gasteiger partial charge in [0, 0.05) is 52.9 Å². The third-order valence-electron chi connectivity index (χ3n) is 5.58. The van der Waals surface area contributed by atoms with Crippen LogP contribution in [0.1, 0.15) is 19.2 Å². The number of hydrogen-bond acceptors (Lipinski definition) is 4. The maximum Gasteiger partial charge on any atom is 0.227 e. The van der Waals surface area contributed by atoms with E-state index in [0.29, 0.717) is 5.69 Å². The monoisotopic (exact) mass is 444 g/mol. The highest BCUT2D eigenvalue weighted by Gasteiger charge is 2.15. The number of carbonyl (C=O) groups excluding carboxylic acids is 1. The van der Waals surface area contributed by atoms with Crippen molar-refractivity contribution in [3.05, 3.63) is 78.2 Å². The zero-order valence-electron chi connectivity index (χ0n) is 17.8. The lowest BCUT2D eigenvalue weighted by molar-refractivity contribution is -0.116. The lowest BCUT2D eigenvalue weighted by Crippen LogP contribution is -2.12. The second kappa shape index (κ2) is 8.46. The zero-order valence-corrected chi connectivity index (χ0v) is 17.8. The maximum atomic E-state index is 13.9. The molecule has 0 radical (unpaired) electrons. The Bertz CT molecular complexity index is 1490. The first-order valence-corrected chi connectivity index (χ1v) is 10.6. The Morgan fingerprint density at radius 2 is 1.85 bits per heavy atom. The summed E-state index contributed by atoms with van der Waals surface area (Å²) in [5.74, 6) is -1.46. The number of anilines is 1. The summed E-state index contributed by atoms with van der Waals surface area (Å²) in [4.78, 5) is 16.6. The molecule has 1 N–H and O–H groups in total. The molecule has 3 aromatic carbocycles. The summed E-state index contributed by atoms with van der Waals surface area (Å²) in [6.07, 6.45) is 0.307. The summed E-state index contributed by atoms with van der Waals surface area (Å²) in [5, 5.41) is 8.85. The van der Waals surface area contributed by atoms with Crippen LogP contribution in [0.15, 0.2) is 65.2 Å². The molecule has 0 aliphatic heterocycles. The number of benzene rings is 3. The summed E-state index contributed by atoms with van der Waals surface area (Å²) in [6, 6.07) is 17.2. The molecule has 166 valence electrons. The average Bonchev–Trinajstić information content (AvgIpc) is 3.40. The van der Waals surface area contributed by atoms with Crippen molar-refractivity contribution in [3.63, 3.8) is 0 Å². The van der Waals surface area contributed by atoms with Crippen LogP contribution in [0.3, 0.4) is 0 Å². The van der Waals surface area contributed by atoms with Gasteiger partial charge in [-0.05, 0) is 43.3 Å². The van der Waals surface area contributed by atoms with E-state index in [1.807, 2.05) is 30.3 Å². The van der Waals surface area contributed by atoms with Gasteiger partial charge in [0.2, 0.25) is 17.6 Å². The highest BCUT2D eigenvalue weighted by atomic mass is 18.2. The number of nitrogens with one attached hydrogen (secondary N) is 1. The summed E-state index contributed by atoms with van der Waals surface area (Å²) in [6.45, 7) is 2.96. The van der Waals surface area contributed by atoms with E-state index >= 15 is 0 Å². The van der Waals surface area contributed by atoms with E-state index in [2.05, 4.69) is 39.1 Å². The van der Waals surface area contributed by atoms with Gasteiger partial charge in [0.25, 0.3) is 0 Å². The highest BCUT2D eigenvalue weighted by Crippen LogP contribution is 2.31. The maximum absolute atomic E-state index is 13.9. The van der Waals surface area contributed by atoms with Gasteiger partial charge in [-0.2, -0.15) is 4.98 Å². The van der Waals surface area contributed by atoms with Crippen LogP contribution in [-0.4, -0.2) is 20.6 Å². The number of aromatic nitrogens is 3. The Kier molecular flexibility index (Phi) is 5.34. The van der Waals surface area contributed by atoms with Crippen molar-refractivity contribution in [1.29, 1.82) is 0 Å². The number of amides is 1. The highest BCUT2D eigenvalue weighted by molar-refractivity contribution is 6.09. The molecule has 2 heterocycles. The number of halogens is 2. The van der Waals surface area contributed by atoms with Crippen LogP contribution in [0, 0.1) is 11.6 Å². The largest absolute Gasteiger partial charge is 0.341 e. The normalized spacial score (nSPS) is 11.4. The van der Waals surface area contributed by atoms with E-state index in [4.69, 9.17) is 4.52 Å². The van der Waals surface area contributed by atoms with Crippen molar-refractivity contribution in [2.75, 3.05) is 5.32 Å². The second-order valence-electron chi connectivity index (χ2n) is 7.68. The molecular formula is C25H20F2N4O2. The van der Waals surface area contributed by atoms with Gasteiger partial charge in [-0.1, -0.05) is 23.4 Å². The first-order chi connectivity index (χ1) is 16.0. The van der Waals surface area contributed by atoms with Gasteiger partial charge < -0.3 is 14.4 Å². The van der Waals surface area contributed by atoms with Crippen molar-refractivity contribution < 1.29 is 18.1 Å². The van der Waals surface area contributed by atoms with E-state index in [9.17, 15) is 13.6 Å². The molecule has 0 atom stereocenters. The van der Waals surface area contributed by atoms with Gasteiger partial charge in [0.15, 0.2) is 0 Å². The predicted octanol–water partition coefficient (Wildman–Crippen LogP) is 5.71. The molecule has 5 aromatic rings. The molecule has 0 spiro atoms. The van der Waals surface area contributed by atoms with Gasteiger partial charge in [-0.3, -0.25) is 4.79 Å². The van der Waals surface area contributed by atoms with Gasteiger partial charge >= 0.3 is 0 Å². The third-order valence-corrected chi connectivity index (χ3v) is 5.58. The quantitative estimate of drug-likeness (QED) is 0.364. The van der Waals surface area contributed by atoms with Crippen molar-refractivity contribution in [2.45, 2.75) is 26.3 Å². The molecule has 0 saturated heterocycles. The Hall–Kier alpha value is -4.07. The zero-order chi connectivity index (χ0) is 22.9. The Balaban J connectivity index is 1.29. The molecule has 33 heavy (non-hydrogen) atoms. The van der Waals surface area contributed by atoms with Crippen LogP contribution in [0.4, 0.5) is 14.5 Å². The molecule has 8 heteroatoms. The van der Waals surface area contributed by atoms with Gasteiger partial charge in [-0.15, -0.1) is 0 Å². The molecule has 0 bridgehead atoms. The minimum atomic E-state index is -0.778. The molecule has 0 saturated carbocycles. The van der Waals surface area contributed by atoms with Crippen LogP contribution in [0.25, 0.3) is 33.2 Å². The van der Waals surface area contributed by atoms with Gasteiger partial charge in [0.1, 0.15) is 11.6 Å². The average molecular weight is 444 g/mol. The van der Waals surface area contributed by atoms with Crippen LogP contribution >= 0.6 is 0 Å². The predicted molar refractivity (Wildman–Crippen MR) is 122 cm³/mol. The molecule has 0 fully saturated rings. The van der Waals surface area contributed by atoms with E-state index in [1.54, 1.807) is 0 Å². The number of aryl methyl sites for hydroxylation is 2. The first-order valence-electron chi connectivity index (χ1n) is 10.6. The summed E-state index contributed by atoms with van der Waals surface area (Å²) >= 11 is 0. The fourth-order valence-corrected chi connectivity index (χ4v) is 4.05. The van der Waals surface area contributed by atoms with Crippen LogP contribution < -0.4 is 5.32 Å². The second-order valence-corrected chi connectivity index (χ2v) is 7.68. The lowest BCUT2D eigenvalue weighted by Gasteiger charge is -2.06. The summed E-state index contributed by atoms with van der Waals surface area (Å²) in [5.41, 5.74) is 3.01. The number of rotatable bonds is 6. The van der Waals surface area contributed by atoms with E-state index in [1.165, 1.54) is 6.07 Å². The van der Waals surface area contributed by atoms with Crippen LogP contribution in [0.2, 0.25) is 0 Å². The number of fused-ring (bicyclic) bond motifs is 3. The van der Waals surface area contributed by atoms with E-state index in [0.717, 1.165) is 40.5 Å². The fourth-order valence-electron chi connectivity index (χ4n) is 4.05. The smallest absolute Gasteiger partial charge is 0.227 e. The van der Waals surface area contributed by atoms with Gasteiger partial charge in [0.05, 0.1) is 5.56 Å². The summed E-state index contributed by atoms with van der Waals surface area (Å²) < 4.78 is 34.4. The van der Waals surface area contributed by atoms with Crippen molar-refractivity contribution in [1.82, 2.24) is 14.7 Å². The molecule has 5 rings (SSSR count). The standard InChI is InChI=1S/C25H20F2N4O2/c1-2-31-21-6-4-3-5-17(21)19-14-16(8-10-22(19)31)28-23(32)11-12-24-29-25(30-33-24)18-9-7-15(26)13-20(18)27/h3-10,13-14H,2,11-12H2,1H3,(H,28,32)/i26-1,27-1. The molecule has 0 unspecified atom stereocenters. The fraction of sp³-hybridized carbons (Fsp3) is 0.160. The number of hydrogen-bond donors (Lipinski definition) is 1. The molecule has 2 aromatic heterocycles. The topological polar surface area (TPSA) is 73.0 Å². The van der Waals surface area contributed by atoms with Gasteiger partial charge in [-0.25, -0.2) is 8.78 Å². The third kappa shape index (κ3) is 3.95. The van der Waals surface area contributed by atoms with Crippen LogP contribution in [-0.2, 0) is 17.8 Å². The van der Waals surface area contributed by atoms with Crippen molar-refractivity contribution >= 4 is 33.4 Å². The van der Waals surface area contributed by atoms with Crippen molar-refractivity contribution in [3.8, 4) is 11.4 Å². The molecule has 6 nitrogen and oxygen atoms in total. The first kappa shape index (κ1) is 20.8. The Labute approximate surface area is 187 Å². The molecule has 0 aliphatic rings. The Morgan fingerprint density at radius 3 is 2.67 bits per heavy atom. The van der Waals surface area contributed by atoms with E-state index < -0.39 is 11.6 Å². The van der Waals surface area contributed by atoms with E-state index in [-0.39, 0.29) is 36.0 Å². The number of carbonyl (C=O) groups is 1. The number of nitrogens with zero attached hydrogens (tertiary/aromatic N) is 3. The summed E-state index contributed by atoms with van der Waals surface area (Å²) in [7, 11) is 0.